The Morgan fingerprint density at radius 3 is 0.886 bits per heavy atom. The van der Waals surface area contributed by atoms with Crippen molar-refractivity contribution in [1.82, 2.24) is 34.9 Å². The molecule has 0 saturated heterocycles. The van der Waals surface area contributed by atoms with Crippen LogP contribution in [0.15, 0.2) is 262 Å². The van der Waals surface area contributed by atoms with Gasteiger partial charge in [0.15, 0.2) is 0 Å². The molecule has 0 aliphatic heterocycles. The summed E-state index contributed by atoms with van der Waals surface area (Å²) >= 11 is 0. The summed E-state index contributed by atoms with van der Waals surface area (Å²) in [5.41, 5.74) is 6.45. The molecular formula is C78H57F9Ir4N7O6Pt-5. The molecule has 0 saturated carbocycles. The summed E-state index contributed by atoms with van der Waals surface area (Å²) in [6, 6.07) is 67.9. The zero-order valence-electron chi connectivity index (χ0n) is 54.5. The molecule has 13 aromatic rings. The van der Waals surface area contributed by atoms with Crippen molar-refractivity contribution in [3.63, 3.8) is 0 Å². The monoisotopic (exact) mass is 2330 g/mol. The third-order valence-corrected chi connectivity index (χ3v) is 12.5. The number of hydrogen-bond donors (Lipinski definition) is 4. The Hall–Kier alpha value is -9.11. The number of rotatable bonds is 10. The molecule has 27 heteroatoms. The minimum atomic E-state index is -0.990. The minimum Gasteiger partial charge on any atom is -0.477 e. The maximum atomic E-state index is 13.5. The third-order valence-electron chi connectivity index (χ3n) is 12.5. The second-order valence-corrected chi connectivity index (χ2v) is 20.2. The van der Waals surface area contributed by atoms with E-state index in [0.717, 1.165) is 53.2 Å². The van der Waals surface area contributed by atoms with Gasteiger partial charge in [-0.15, -0.1) is 90.0 Å². The molecule has 0 fully saturated rings. The topological polar surface area (TPSA) is 205 Å². The Balaban J connectivity index is 0.000000606. The minimum absolute atomic E-state index is 0. The largest absolute Gasteiger partial charge is 0.477 e. The first-order chi connectivity index (χ1) is 48.1. The molecule has 0 amide bonds. The van der Waals surface area contributed by atoms with Crippen LogP contribution in [0.3, 0.4) is 0 Å². The van der Waals surface area contributed by atoms with Crippen LogP contribution in [0, 0.1) is 82.7 Å². The average Bonchev–Trinajstić information content (AvgIpc) is 0.809. The standard InChI is InChI=1S/C17H10F2N.3C11H6F2N.C11H7FN.2C6H5NO2.C5H12O2.4Ir.Pt/c18-13-6-4-12(5-7-13)16-11-14(19)8-9-15(16)17-3-1-2-10-20-17;3*12-8-4-5-9(10(13)7-8)11-3-1-2-6-14-11;12-10-6-4-9(5-7-10)11-3-1-2-8-13-11;2*8-6(9)5-3-1-2-4-7-5;1-4(6)3-5(2)7;;;;;/h1-8,10-11H;3*1-4,6-7H;1-4,6-8H;2*1-4H,(H,8,9);4-7H,3H2,1-2H3;;;;;/q5*-1;;;;;;;;. The first kappa shape index (κ1) is 93.9. The van der Waals surface area contributed by atoms with Crippen LogP contribution in [0.2, 0.25) is 0 Å². The van der Waals surface area contributed by atoms with Gasteiger partial charge in [0, 0.05) is 191 Å². The molecule has 105 heavy (non-hydrogen) atoms. The van der Waals surface area contributed by atoms with E-state index >= 15 is 0 Å². The zero-order valence-corrected chi connectivity index (χ0v) is 66.3. The second-order valence-electron chi connectivity index (χ2n) is 20.2. The first-order valence-corrected chi connectivity index (χ1v) is 29.6. The van der Waals surface area contributed by atoms with E-state index in [1.165, 1.54) is 60.9 Å². The van der Waals surface area contributed by atoms with Gasteiger partial charge in [-0.2, -0.15) is 0 Å². The molecule has 13 rings (SSSR count). The van der Waals surface area contributed by atoms with Crippen LogP contribution >= 0.6 is 0 Å². The Morgan fingerprint density at radius 2 is 0.629 bits per heavy atom. The fraction of sp³-hybridized carbons (Fsp3) is 0.0641. The average molecular weight is 2320 g/mol. The summed E-state index contributed by atoms with van der Waals surface area (Å²) in [6.07, 6.45) is 10.6. The quantitative estimate of drug-likeness (QED) is 0.0744. The van der Waals surface area contributed by atoms with E-state index in [0.29, 0.717) is 40.3 Å². The Morgan fingerprint density at radius 1 is 0.343 bits per heavy atom. The summed E-state index contributed by atoms with van der Waals surface area (Å²) in [6.45, 7) is 3.32. The number of benzene rings is 6. The molecule has 7 heterocycles. The summed E-state index contributed by atoms with van der Waals surface area (Å²) in [4.78, 5) is 47.7. The smallest absolute Gasteiger partial charge is 0.354 e. The van der Waals surface area contributed by atoms with Crippen molar-refractivity contribution in [2.45, 2.75) is 32.5 Å². The molecule has 0 spiro atoms. The number of carbonyl (C=O) groups is 2. The van der Waals surface area contributed by atoms with Crippen LogP contribution in [-0.2, 0) is 101 Å². The summed E-state index contributed by atoms with van der Waals surface area (Å²) in [5.74, 6) is -6.83. The molecule has 7 aromatic heterocycles. The van der Waals surface area contributed by atoms with Gasteiger partial charge in [0.2, 0.25) is 0 Å². The van der Waals surface area contributed by atoms with Gasteiger partial charge >= 0.3 is 11.9 Å². The zero-order chi connectivity index (χ0) is 72.2. The molecule has 2 unspecified atom stereocenters. The van der Waals surface area contributed by atoms with Gasteiger partial charge in [-0.25, -0.2) is 23.9 Å². The number of halogens is 9. The molecule has 554 valence electrons. The van der Waals surface area contributed by atoms with Crippen molar-refractivity contribution in [1.29, 1.82) is 0 Å². The number of aromatic carboxylic acids is 2. The first-order valence-electron chi connectivity index (χ1n) is 29.6. The Bertz CT molecular complexity index is 4330. The summed E-state index contributed by atoms with van der Waals surface area (Å²) in [7, 11) is 0. The van der Waals surface area contributed by atoms with Gasteiger partial charge in [0.25, 0.3) is 0 Å². The number of pyridine rings is 7. The Labute approximate surface area is 668 Å². The van der Waals surface area contributed by atoms with Gasteiger partial charge < -0.3 is 45.3 Å². The number of hydrogen-bond acceptors (Lipinski definition) is 11. The molecular weight excluding hydrogens is 2270 g/mol. The van der Waals surface area contributed by atoms with Crippen LogP contribution in [0.5, 0.6) is 0 Å². The molecule has 6 aromatic carbocycles. The summed E-state index contributed by atoms with van der Waals surface area (Å²) in [5, 5.41) is 33.8. The fourth-order valence-electron chi connectivity index (χ4n) is 8.07. The normalized spacial score (nSPS) is 10.1. The molecule has 4 N–H and O–H groups in total. The summed E-state index contributed by atoms with van der Waals surface area (Å²) < 4.78 is 116. The molecule has 4 radical (unpaired) electrons. The fourth-order valence-corrected chi connectivity index (χ4v) is 8.07. The van der Waals surface area contributed by atoms with Crippen LogP contribution in [0.25, 0.3) is 67.4 Å². The van der Waals surface area contributed by atoms with E-state index in [1.54, 1.807) is 142 Å². The van der Waals surface area contributed by atoms with Crippen molar-refractivity contribution in [3.8, 4) is 67.4 Å². The van der Waals surface area contributed by atoms with Crippen LogP contribution < -0.4 is 0 Å². The van der Waals surface area contributed by atoms with E-state index in [2.05, 4.69) is 65.2 Å². The SMILES string of the molecule is CC(O)CC(C)O.Fc1c[c-]c(-c2ccccn2)c(F)c1.Fc1c[c-]c(-c2ccccn2)c(F)c1.Fc1c[c-]c(-c2ccccn2)c(F)c1.Fc1c[c-]c(-c2ccccn2)cc1.Fc1ccc(-c2cc(F)c[c-]c2-c2ccccn2)cc1.O=C(O)c1ccccn1.O=C(O)c1ccccn1.[Ir].[Ir].[Ir].[Ir].[Pt]. The van der Waals surface area contributed by atoms with Crippen molar-refractivity contribution in [2.24, 2.45) is 0 Å². The predicted octanol–water partition coefficient (Wildman–Crippen LogP) is 17.3. The van der Waals surface area contributed by atoms with Crippen LogP contribution in [-0.4, -0.2) is 79.5 Å². The van der Waals surface area contributed by atoms with Crippen molar-refractivity contribution >= 4 is 11.9 Å². The molecule has 0 bridgehead atoms. The van der Waals surface area contributed by atoms with Crippen LogP contribution in [0.4, 0.5) is 39.5 Å². The van der Waals surface area contributed by atoms with Gasteiger partial charge in [-0.05, 0) is 115 Å². The van der Waals surface area contributed by atoms with Crippen molar-refractivity contribution < 1.29 is 171 Å². The second kappa shape index (κ2) is 51.1. The van der Waals surface area contributed by atoms with Crippen LogP contribution in [0.1, 0.15) is 41.2 Å². The number of nitrogens with zero attached hydrogens (tertiary/aromatic N) is 7. The predicted molar refractivity (Wildman–Crippen MR) is 358 cm³/mol. The van der Waals surface area contributed by atoms with Gasteiger partial charge in [0.05, 0.1) is 12.2 Å². The maximum absolute atomic E-state index is 13.5. The third kappa shape index (κ3) is 34.1. The molecule has 13 nitrogen and oxygen atoms in total. The van der Waals surface area contributed by atoms with Gasteiger partial charge in [0.1, 0.15) is 17.2 Å². The van der Waals surface area contributed by atoms with E-state index in [9.17, 15) is 49.1 Å². The number of aromatic nitrogens is 7. The van der Waals surface area contributed by atoms with E-state index in [4.69, 9.17) is 20.4 Å². The van der Waals surface area contributed by atoms with E-state index < -0.39 is 46.8 Å². The number of aliphatic hydroxyl groups excluding tert-OH is 2. The molecule has 2 atom stereocenters. The molecule has 0 aliphatic rings. The van der Waals surface area contributed by atoms with Gasteiger partial charge in [-0.3, -0.25) is 35.1 Å². The maximum Gasteiger partial charge on any atom is 0.354 e. The van der Waals surface area contributed by atoms with Gasteiger partial charge in [-0.1, -0.05) is 131 Å². The van der Waals surface area contributed by atoms with E-state index in [-0.39, 0.29) is 159 Å². The molecule has 0 aliphatic carbocycles. The number of carboxylic acids is 2. The number of aliphatic hydroxyl groups is 2. The van der Waals surface area contributed by atoms with Crippen molar-refractivity contribution in [2.75, 3.05) is 0 Å². The Kier molecular flexibility index (Phi) is 45.7. The number of carboxylic acid groups (broad SMARTS) is 2. The van der Waals surface area contributed by atoms with E-state index in [1.807, 2.05) is 36.4 Å². The van der Waals surface area contributed by atoms with Crippen molar-refractivity contribution in [3.05, 3.63) is 356 Å².